The maximum absolute atomic E-state index is 14.2. The minimum absolute atomic E-state index is 0.00446. The van der Waals surface area contributed by atoms with Gasteiger partial charge in [0.1, 0.15) is 12.1 Å². The van der Waals surface area contributed by atoms with Gasteiger partial charge in [0.15, 0.2) is 0 Å². The van der Waals surface area contributed by atoms with Crippen molar-refractivity contribution in [3.63, 3.8) is 0 Å². The number of hydrogen-bond acceptors (Lipinski definition) is 9. The van der Waals surface area contributed by atoms with E-state index in [1.807, 2.05) is 72.1 Å². The van der Waals surface area contributed by atoms with Crippen LogP contribution in [0.5, 0.6) is 0 Å². The summed E-state index contributed by atoms with van der Waals surface area (Å²) >= 11 is 0. The number of amides is 4. The van der Waals surface area contributed by atoms with E-state index in [0.29, 0.717) is 13.0 Å². The molecule has 8 atom stereocenters. The average Bonchev–Trinajstić information content (AvgIpc) is 3.62. The van der Waals surface area contributed by atoms with Gasteiger partial charge >= 0.3 is 5.97 Å². The molecule has 1 saturated heterocycles. The number of ether oxygens (including phenoxy) is 3. The van der Waals surface area contributed by atoms with Gasteiger partial charge in [0.05, 0.1) is 49.3 Å². The van der Waals surface area contributed by atoms with Crippen LogP contribution in [0.1, 0.15) is 79.7 Å². The molecule has 2 N–H and O–H groups in total. The predicted molar refractivity (Wildman–Crippen MR) is 205 cm³/mol. The van der Waals surface area contributed by atoms with E-state index >= 15 is 0 Å². The fourth-order valence-electron chi connectivity index (χ4n) is 7.05. The van der Waals surface area contributed by atoms with E-state index in [4.69, 9.17) is 14.2 Å². The predicted octanol–water partition coefficient (Wildman–Crippen LogP) is 3.29. The van der Waals surface area contributed by atoms with Crippen LogP contribution in [0, 0.1) is 17.8 Å². The van der Waals surface area contributed by atoms with Crippen LogP contribution in [-0.4, -0.2) is 135 Å². The summed E-state index contributed by atoms with van der Waals surface area (Å²) in [4.78, 5) is 73.2. The fourth-order valence-corrected chi connectivity index (χ4v) is 7.05. The number of carbonyl (C=O) groups excluding carboxylic acids is 5. The highest BCUT2D eigenvalue weighted by atomic mass is 16.5. The Morgan fingerprint density at radius 2 is 1.57 bits per heavy atom. The maximum Gasteiger partial charge on any atom is 0.328 e. The Kier molecular flexibility index (Phi) is 17.9. The Morgan fingerprint density at radius 1 is 0.943 bits per heavy atom. The summed E-state index contributed by atoms with van der Waals surface area (Å²) in [6, 6.07) is 6.85. The molecule has 0 aliphatic carbocycles. The van der Waals surface area contributed by atoms with E-state index in [-0.39, 0.29) is 48.3 Å². The third-order valence-electron chi connectivity index (χ3n) is 11.2. The van der Waals surface area contributed by atoms with Gasteiger partial charge in [-0.15, -0.1) is 0 Å². The van der Waals surface area contributed by atoms with Crippen LogP contribution in [0.15, 0.2) is 30.3 Å². The third-order valence-corrected chi connectivity index (χ3v) is 11.2. The Hall–Kier alpha value is -3.55. The second-order valence-electron chi connectivity index (χ2n) is 15.5. The number of esters is 1. The topological polar surface area (TPSA) is 147 Å². The molecule has 13 heteroatoms. The number of carbonyl (C=O) groups is 5. The van der Waals surface area contributed by atoms with Gasteiger partial charge in [-0.1, -0.05) is 71.4 Å². The molecule has 2 rings (SSSR count). The Labute approximate surface area is 317 Å². The first-order chi connectivity index (χ1) is 24.9. The SMILES string of the molecule is CC[C@H](C)[C@@H]([C@@H](CC(=O)N1CCC[C@H]1[C@H](OC)[C@@H](C)C(=O)NC(Cc1ccccc1)C(=O)OC)OC)N(C)C(=O)[C@@H](NC(=O)C(C)(C)N(C)C)C(C)C. The first-order valence-electron chi connectivity index (χ1n) is 18.9. The lowest BCUT2D eigenvalue weighted by molar-refractivity contribution is -0.149. The lowest BCUT2D eigenvalue weighted by Gasteiger charge is -2.41. The van der Waals surface area contributed by atoms with Crippen molar-refractivity contribution in [2.24, 2.45) is 17.8 Å². The lowest BCUT2D eigenvalue weighted by atomic mass is 9.89. The normalized spacial score (nSPS) is 18.8. The van der Waals surface area contributed by atoms with E-state index < -0.39 is 53.8 Å². The van der Waals surface area contributed by atoms with Crippen molar-refractivity contribution >= 4 is 29.6 Å². The number of rotatable bonds is 20. The molecule has 1 aliphatic rings. The fraction of sp³-hybridized carbons (Fsp3) is 0.725. The molecule has 53 heavy (non-hydrogen) atoms. The number of likely N-dealkylation sites (N-methyl/N-ethyl adjacent to an activating group) is 2. The van der Waals surface area contributed by atoms with Crippen LogP contribution in [0.3, 0.4) is 0 Å². The van der Waals surface area contributed by atoms with Crippen molar-refractivity contribution in [1.29, 1.82) is 0 Å². The van der Waals surface area contributed by atoms with Crippen LogP contribution >= 0.6 is 0 Å². The van der Waals surface area contributed by atoms with Crippen LogP contribution in [0.25, 0.3) is 0 Å². The summed E-state index contributed by atoms with van der Waals surface area (Å²) in [7, 11) is 9.72. The van der Waals surface area contributed by atoms with Gasteiger partial charge in [0.25, 0.3) is 0 Å². The van der Waals surface area contributed by atoms with E-state index in [0.717, 1.165) is 18.4 Å². The molecule has 13 nitrogen and oxygen atoms in total. The zero-order valence-electron chi connectivity index (χ0n) is 34.4. The van der Waals surface area contributed by atoms with Crippen molar-refractivity contribution in [3.05, 3.63) is 35.9 Å². The van der Waals surface area contributed by atoms with Crippen molar-refractivity contribution in [2.75, 3.05) is 49.0 Å². The standard InChI is InChI=1S/C40H67N5O8/c1-14-26(4)34(44(10)37(48)33(25(2)3)42-39(50)40(6,7)43(8)9)31(51-11)24-32(46)45-22-18-21-30(45)35(52-12)27(5)36(47)41-29(38(49)53-13)23-28-19-16-15-17-20-28/h15-17,19-20,25-27,29-31,33-35H,14,18,21-24H2,1-13H3,(H,41,47)(H,42,50)/t26-,27+,29?,30-,31+,33-,34-,35+/m0/s1. The second-order valence-corrected chi connectivity index (χ2v) is 15.5. The summed E-state index contributed by atoms with van der Waals surface area (Å²) in [6.07, 6.45) is 1.07. The van der Waals surface area contributed by atoms with Gasteiger partial charge in [-0.05, 0) is 58.2 Å². The molecule has 4 amide bonds. The number of nitrogens with zero attached hydrogens (tertiary/aromatic N) is 3. The summed E-state index contributed by atoms with van der Waals surface area (Å²) in [5.74, 6) is -2.53. The van der Waals surface area contributed by atoms with E-state index in [1.54, 1.807) is 49.6 Å². The summed E-state index contributed by atoms with van der Waals surface area (Å²) in [6.45, 7) is 13.7. The Bertz CT molecular complexity index is 1360. The highest BCUT2D eigenvalue weighted by Gasteiger charge is 2.44. The molecule has 1 aromatic carbocycles. The number of likely N-dealkylation sites (tertiary alicyclic amines) is 1. The van der Waals surface area contributed by atoms with Gasteiger partial charge in [0.2, 0.25) is 23.6 Å². The van der Waals surface area contributed by atoms with Crippen LogP contribution in [0.2, 0.25) is 0 Å². The van der Waals surface area contributed by atoms with Crippen molar-refractivity contribution < 1.29 is 38.2 Å². The average molecular weight is 746 g/mol. The van der Waals surface area contributed by atoms with Crippen molar-refractivity contribution in [3.8, 4) is 0 Å². The van der Waals surface area contributed by atoms with Crippen molar-refractivity contribution in [2.45, 2.75) is 122 Å². The third kappa shape index (κ3) is 11.7. The molecule has 0 bridgehead atoms. The van der Waals surface area contributed by atoms with Crippen LogP contribution in [0.4, 0.5) is 0 Å². The molecule has 1 fully saturated rings. The molecule has 0 aromatic heterocycles. The molecule has 1 heterocycles. The molecule has 1 aliphatic heterocycles. The molecular weight excluding hydrogens is 678 g/mol. The molecule has 0 spiro atoms. The summed E-state index contributed by atoms with van der Waals surface area (Å²) in [5.41, 5.74) is 0.0412. The highest BCUT2D eigenvalue weighted by molar-refractivity contribution is 5.92. The van der Waals surface area contributed by atoms with Gasteiger partial charge in [-0.3, -0.25) is 24.1 Å². The Morgan fingerprint density at radius 3 is 2.08 bits per heavy atom. The summed E-state index contributed by atoms with van der Waals surface area (Å²) < 4.78 is 16.9. The number of hydrogen-bond donors (Lipinski definition) is 2. The van der Waals surface area contributed by atoms with Gasteiger partial charge in [-0.2, -0.15) is 0 Å². The molecule has 1 aromatic rings. The van der Waals surface area contributed by atoms with Gasteiger partial charge in [-0.25, -0.2) is 4.79 Å². The summed E-state index contributed by atoms with van der Waals surface area (Å²) in [5, 5.41) is 5.85. The minimum atomic E-state index is -0.890. The molecule has 1 unspecified atom stereocenters. The largest absolute Gasteiger partial charge is 0.467 e. The van der Waals surface area contributed by atoms with Crippen LogP contribution < -0.4 is 10.6 Å². The molecule has 300 valence electrons. The highest BCUT2D eigenvalue weighted by Crippen LogP contribution is 2.30. The van der Waals surface area contributed by atoms with Gasteiger partial charge in [0, 0.05) is 34.2 Å². The second kappa shape index (κ2) is 20.8. The van der Waals surface area contributed by atoms with Gasteiger partial charge < -0.3 is 34.6 Å². The maximum atomic E-state index is 14.2. The van der Waals surface area contributed by atoms with E-state index in [1.165, 1.54) is 14.2 Å². The first-order valence-corrected chi connectivity index (χ1v) is 18.9. The lowest BCUT2D eigenvalue weighted by Crippen LogP contribution is -2.61. The number of benzene rings is 1. The first kappa shape index (κ1) is 45.6. The number of methoxy groups -OCH3 is 3. The van der Waals surface area contributed by atoms with Crippen LogP contribution in [-0.2, 0) is 44.6 Å². The zero-order valence-corrected chi connectivity index (χ0v) is 34.4. The zero-order chi connectivity index (χ0) is 40.2. The smallest absolute Gasteiger partial charge is 0.328 e. The molecular formula is C40H67N5O8. The van der Waals surface area contributed by atoms with E-state index in [2.05, 4.69) is 10.6 Å². The van der Waals surface area contributed by atoms with Crippen molar-refractivity contribution in [1.82, 2.24) is 25.3 Å². The monoisotopic (exact) mass is 745 g/mol. The molecule has 0 radical (unpaired) electrons. The Balaban J connectivity index is 2.28. The minimum Gasteiger partial charge on any atom is -0.467 e. The van der Waals surface area contributed by atoms with E-state index in [9.17, 15) is 24.0 Å². The molecule has 0 saturated carbocycles. The number of nitrogens with one attached hydrogen (secondary N) is 2. The quantitative estimate of drug-likeness (QED) is 0.192.